The molecule has 1 aromatic carbocycles. The zero-order chi connectivity index (χ0) is 14.4. The topological polar surface area (TPSA) is 26.2 Å². The number of rotatable bonds is 7. The molecule has 1 aromatic heterocycles. The van der Waals surface area contributed by atoms with Crippen LogP contribution in [-0.4, -0.2) is 24.8 Å². The van der Waals surface area contributed by atoms with Gasteiger partial charge in [0, 0.05) is 42.9 Å². The molecule has 20 heavy (non-hydrogen) atoms. The summed E-state index contributed by atoms with van der Waals surface area (Å²) in [5.74, 6) is 0. The quantitative estimate of drug-likeness (QED) is 0.790. The molecule has 1 heterocycles. The maximum Gasteiger partial charge on any atom is 0.0496 e. The SMILES string of the molecule is COCCCNCc1cccn1-c1cccc(Cl)c1C. The first kappa shape index (κ1) is 15.1. The highest BCUT2D eigenvalue weighted by Gasteiger charge is 2.07. The molecule has 0 aliphatic rings. The van der Waals surface area contributed by atoms with Crippen LogP contribution in [-0.2, 0) is 11.3 Å². The Kier molecular flexibility index (Phi) is 5.65. The van der Waals surface area contributed by atoms with Crippen molar-refractivity contribution in [2.75, 3.05) is 20.3 Å². The summed E-state index contributed by atoms with van der Waals surface area (Å²) in [4.78, 5) is 0. The van der Waals surface area contributed by atoms with Crippen molar-refractivity contribution in [2.24, 2.45) is 0 Å². The smallest absolute Gasteiger partial charge is 0.0496 e. The molecule has 0 radical (unpaired) electrons. The molecule has 0 aliphatic heterocycles. The van der Waals surface area contributed by atoms with E-state index in [-0.39, 0.29) is 0 Å². The lowest BCUT2D eigenvalue weighted by Crippen LogP contribution is -2.18. The van der Waals surface area contributed by atoms with E-state index in [1.54, 1.807) is 7.11 Å². The molecule has 0 bridgehead atoms. The van der Waals surface area contributed by atoms with Gasteiger partial charge in [0.15, 0.2) is 0 Å². The van der Waals surface area contributed by atoms with E-state index in [0.29, 0.717) is 0 Å². The van der Waals surface area contributed by atoms with E-state index in [0.717, 1.165) is 42.4 Å². The highest BCUT2D eigenvalue weighted by Crippen LogP contribution is 2.23. The van der Waals surface area contributed by atoms with E-state index in [4.69, 9.17) is 16.3 Å². The van der Waals surface area contributed by atoms with Crippen molar-refractivity contribution >= 4 is 11.6 Å². The van der Waals surface area contributed by atoms with Gasteiger partial charge in [-0.3, -0.25) is 0 Å². The van der Waals surface area contributed by atoms with Crippen LogP contribution in [0.5, 0.6) is 0 Å². The number of halogens is 1. The van der Waals surface area contributed by atoms with Crippen LogP contribution in [0.3, 0.4) is 0 Å². The van der Waals surface area contributed by atoms with Gasteiger partial charge >= 0.3 is 0 Å². The highest BCUT2D eigenvalue weighted by atomic mass is 35.5. The lowest BCUT2D eigenvalue weighted by molar-refractivity contribution is 0.194. The number of nitrogens with zero attached hydrogens (tertiary/aromatic N) is 1. The van der Waals surface area contributed by atoms with Crippen LogP contribution in [0.25, 0.3) is 5.69 Å². The molecule has 0 saturated heterocycles. The highest BCUT2D eigenvalue weighted by molar-refractivity contribution is 6.31. The Morgan fingerprint density at radius 2 is 2.10 bits per heavy atom. The van der Waals surface area contributed by atoms with Gasteiger partial charge < -0.3 is 14.6 Å². The molecule has 0 fully saturated rings. The Bertz CT molecular complexity index is 551. The van der Waals surface area contributed by atoms with E-state index in [9.17, 15) is 0 Å². The number of benzene rings is 1. The van der Waals surface area contributed by atoms with Crippen LogP contribution in [0.15, 0.2) is 36.5 Å². The summed E-state index contributed by atoms with van der Waals surface area (Å²) in [5.41, 5.74) is 3.47. The summed E-state index contributed by atoms with van der Waals surface area (Å²) >= 11 is 6.20. The Hall–Kier alpha value is -1.29. The van der Waals surface area contributed by atoms with Crippen LogP contribution in [0.2, 0.25) is 5.02 Å². The molecule has 0 unspecified atom stereocenters. The average molecular weight is 293 g/mol. The predicted octanol–water partition coefficient (Wildman–Crippen LogP) is 3.57. The molecule has 0 aliphatic carbocycles. The van der Waals surface area contributed by atoms with Crippen molar-refractivity contribution in [3.05, 3.63) is 52.8 Å². The van der Waals surface area contributed by atoms with Crippen LogP contribution < -0.4 is 5.32 Å². The molecule has 0 spiro atoms. The second-order valence-electron chi connectivity index (χ2n) is 4.78. The third-order valence-electron chi connectivity index (χ3n) is 3.34. The molecule has 1 N–H and O–H groups in total. The van der Waals surface area contributed by atoms with Gasteiger partial charge in [-0.15, -0.1) is 0 Å². The first-order valence-corrected chi connectivity index (χ1v) is 7.23. The van der Waals surface area contributed by atoms with Crippen molar-refractivity contribution in [3.8, 4) is 5.69 Å². The molecule has 0 atom stereocenters. The maximum absolute atomic E-state index is 6.20. The summed E-state index contributed by atoms with van der Waals surface area (Å²) in [6.07, 6.45) is 3.10. The van der Waals surface area contributed by atoms with E-state index in [1.807, 2.05) is 19.1 Å². The Labute approximate surface area is 125 Å². The third-order valence-corrected chi connectivity index (χ3v) is 3.75. The first-order chi connectivity index (χ1) is 9.74. The summed E-state index contributed by atoms with van der Waals surface area (Å²) in [7, 11) is 1.73. The van der Waals surface area contributed by atoms with Crippen molar-refractivity contribution in [1.82, 2.24) is 9.88 Å². The monoisotopic (exact) mass is 292 g/mol. The molecular formula is C16H21ClN2O. The second kappa shape index (κ2) is 7.48. The van der Waals surface area contributed by atoms with Gasteiger partial charge in [0.25, 0.3) is 0 Å². The van der Waals surface area contributed by atoms with Gasteiger partial charge in [-0.1, -0.05) is 17.7 Å². The van der Waals surface area contributed by atoms with Gasteiger partial charge in [-0.05, 0) is 49.7 Å². The number of nitrogens with one attached hydrogen (secondary N) is 1. The molecule has 0 amide bonds. The lowest BCUT2D eigenvalue weighted by atomic mass is 10.2. The third kappa shape index (κ3) is 3.63. The summed E-state index contributed by atoms with van der Waals surface area (Å²) in [6.45, 7) is 4.63. The van der Waals surface area contributed by atoms with E-state index in [2.05, 4.69) is 34.3 Å². The lowest BCUT2D eigenvalue weighted by Gasteiger charge is -2.13. The average Bonchev–Trinajstić information content (AvgIpc) is 2.90. The standard InChI is InChI=1S/C16H21ClN2O/c1-13-15(17)7-3-8-16(13)19-10-4-6-14(19)12-18-9-5-11-20-2/h3-4,6-8,10,18H,5,9,11-12H2,1-2H3. The van der Waals surface area contributed by atoms with Gasteiger partial charge in [-0.2, -0.15) is 0 Å². The fraction of sp³-hybridized carbons (Fsp3) is 0.375. The number of ether oxygens (including phenoxy) is 1. The Balaban J connectivity index is 2.06. The van der Waals surface area contributed by atoms with E-state index in [1.165, 1.54) is 5.69 Å². The minimum Gasteiger partial charge on any atom is -0.385 e. The van der Waals surface area contributed by atoms with Crippen LogP contribution in [0.1, 0.15) is 17.7 Å². The van der Waals surface area contributed by atoms with Gasteiger partial charge in [0.1, 0.15) is 0 Å². The maximum atomic E-state index is 6.20. The number of hydrogen-bond acceptors (Lipinski definition) is 2. The van der Waals surface area contributed by atoms with Crippen LogP contribution >= 0.6 is 11.6 Å². The van der Waals surface area contributed by atoms with Crippen molar-refractivity contribution in [3.63, 3.8) is 0 Å². The molecule has 2 aromatic rings. The van der Waals surface area contributed by atoms with Crippen molar-refractivity contribution in [1.29, 1.82) is 0 Å². The minimum atomic E-state index is 0.793. The zero-order valence-electron chi connectivity index (χ0n) is 12.0. The molecule has 4 heteroatoms. The molecule has 0 saturated carbocycles. The van der Waals surface area contributed by atoms with E-state index >= 15 is 0 Å². The predicted molar refractivity (Wildman–Crippen MR) is 83.7 cm³/mol. The van der Waals surface area contributed by atoms with Crippen molar-refractivity contribution in [2.45, 2.75) is 19.9 Å². The Morgan fingerprint density at radius 1 is 1.25 bits per heavy atom. The summed E-state index contributed by atoms with van der Waals surface area (Å²) in [6, 6.07) is 10.2. The van der Waals surface area contributed by atoms with Crippen LogP contribution in [0, 0.1) is 6.92 Å². The van der Waals surface area contributed by atoms with Crippen LogP contribution in [0.4, 0.5) is 0 Å². The molecule has 108 valence electrons. The summed E-state index contributed by atoms with van der Waals surface area (Å²) < 4.78 is 7.23. The van der Waals surface area contributed by atoms with Gasteiger partial charge in [-0.25, -0.2) is 0 Å². The zero-order valence-corrected chi connectivity index (χ0v) is 12.8. The Morgan fingerprint density at radius 3 is 2.90 bits per heavy atom. The van der Waals surface area contributed by atoms with E-state index < -0.39 is 0 Å². The molecular weight excluding hydrogens is 272 g/mol. The van der Waals surface area contributed by atoms with Gasteiger partial charge in [0.05, 0.1) is 0 Å². The first-order valence-electron chi connectivity index (χ1n) is 6.85. The second-order valence-corrected chi connectivity index (χ2v) is 5.18. The number of aromatic nitrogens is 1. The fourth-order valence-electron chi connectivity index (χ4n) is 2.21. The summed E-state index contributed by atoms with van der Waals surface area (Å²) in [5, 5.41) is 4.23. The fourth-order valence-corrected chi connectivity index (χ4v) is 2.38. The number of methoxy groups -OCH3 is 1. The molecule has 3 nitrogen and oxygen atoms in total. The van der Waals surface area contributed by atoms with Crippen molar-refractivity contribution < 1.29 is 4.74 Å². The number of hydrogen-bond donors (Lipinski definition) is 1. The normalized spacial score (nSPS) is 10.9. The van der Waals surface area contributed by atoms with Gasteiger partial charge in [0.2, 0.25) is 0 Å². The minimum absolute atomic E-state index is 0.793. The molecule has 2 rings (SSSR count). The largest absolute Gasteiger partial charge is 0.385 e.